The number of rotatable bonds is 17. The molecule has 5 atom stereocenters. The van der Waals surface area contributed by atoms with Crippen molar-refractivity contribution in [1.82, 2.24) is 5.48 Å². The zero-order valence-corrected chi connectivity index (χ0v) is 30.3. The van der Waals surface area contributed by atoms with Crippen molar-refractivity contribution < 1.29 is 39.0 Å². The van der Waals surface area contributed by atoms with Crippen LogP contribution in [0.5, 0.6) is 5.75 Å². The van der Waals surface area contributed by atoms with Gasteiger partial charge in [0.25, 0.3) is 0 Å². The van der Waals surface area contributed by atoms with Crippen LogP contribution in [-0.2, 0) is 42.0 Å². The zero-order chi connectivity index (χ0) is 36.2. The minimum Gasteiger partial charge on any atom is -0.482 e. The summed E-state index contributed by atoms with van der Waals surface area (Å²) >= 11 is 0. The van der Waals surface area contributed by atoms with Crippen molar-refractivity contribution in [1.29, 1.82) is 0 Å². The highest BCUT2D eigenvalue weighted by molar-refractivity contribution is 5.71. The molecule has 2 aromatic carbocycles. The summed E-state index contributed by atoms with van der Waals surface area (Å²) in [5.41, 5.74) is 6.09. The number of benzene rings is 2. The second-order valence-corrected chi connectivity index (χ2v) is 13.9. The van der Waals surface area contributed by atoms with Gasteiger partial charge in [0.15, 0.2) is 30.3 Å². The van der Waals surface area contributed by atoms with Gasteiger partial charge in [-0.05, 0) is 98.2 Å². The van der Waals surface area contributed by atoms with E-state index in [9.17, 15) is 9.90 Å². The summed E-state index contributed by atoms with van der Waals surface area (Å²) in [7, 11) is 0. The molecule has 1 saturated carbocycles. The fourth-order valence-electron chi connectivity index (χ4n) is 7.64. The first-order valence-corrected chi connectivity index (χ1v) is 18.2. The largest absolute Gasteiger partial charge is 0.482 e. The molecular formula is C42H51NO8. The Morgan fingerprint density at radius 3 is 2.69 bits per heavy atom. The van der Waals surface area contributed by atoms with E-state index < -0.39 is 17.7 Å². The average Bonchev–Trinajstić information content (AvgIpc) is 3.64. The van der Waals surface area contributed by atoms with Crippen LogP contribution < -0.4 is 10.2 Å². The lowest BCUT2D eigenvalue weighted by Crippen LogP contribution is -2.39. The van der Waals surface area contributed by atoms with Gasteiger partial charge in [0.05, 0.1) is 6.10 Å². The minimum atomic E-state index is -0.790. The van der Waals surface area contributed by atoms with Gasteiger partial charge in [-0.15, -0.1) is 0 Å². The summed E-state index contributed by atoms with van der Waals surface area (Å²) in [6.07, 6.45) is 7.04. The predicted molar refractivity (Wildman–Crippen MR) is 194 cm³/mol. The van der Waals surface area contributed by atoms with E-state index in [4.69, 9.17) is 29.1 Å². The van der Waals surface area contributed by atoms with E-state index >= 15 is 0 Å². The van der Waals surface area contributed by atoms with Crippen molar-refractivity contribution in [3.63, 3.8) is 0 Å². The van der Waals surface area contributed by atoms with E-state index in [-0.39, 0.29) is 25.0 Å². The Balaban J connectivity index is 1.26. The van der Waals surface area contributed by atoms with Crippen LogP contribution in [0.4, 0.5) is 0 Å². The Hall–Kier alpha value is -4.41. The fraction of sp³-hybridized carbons (Fsp3) is 0.500. The summed E-state index contributed by atoms with van der Waals surface area (Å²) in [4.78, 5) is 35.6. The molecule has 0 aromatic heterocycles. The van der Waals surface area contributed by atoms with Crippen LogP contribution in [-0.4, -0.2) is 36.0 Å². The molecule has 1 fully saturated rings. The zero-order valence-electron chi connectivity index (χ0n) is 30.3. The van der Waals surface area contributed by atoms with Crippen molar-refractivity contribution in [3.8, 4) is 29.4 Å². The first kappa shape index (κ1) is 37.8. The van der Waals surface area contributed by atoms with Crippen LogP contribution in [0.2, 0.25) is 0 Å². The van der Waals surface area contributed by atoms with E-state index in [1.54, 1.807) is 6.92 Å². The van der Waals surface area contributed by atoms with E-state index in [0.717, 1.165) is 61.8 Å². The van der Waals surface area contributed by atoms with Crippen molar-refractivity contribution >= 4 is 11.7 Å². The van der Waals surface area contributed by atoms with Crippen LogP contribution in [0, 0.1) is 47.4 Å². The predicted octanol–water partition coefficient (Wildman–Crippen LogP) is 7.40. The summed E-state index contributed by atoms with van der Waals surface area (Å²) in [6.45, 7) is 11.8. The van der Waals surface area contributed by atoms with Gasteiger partial charge >= 0.3 is 5.97 Å². The molecule has 0 unspecified atom stereocenters. The number of nitrogens with one attached hydrogen (secondary N) is 1. The third-order valence-corrected chi connectivity index (χ3v) is 10.2. The quantitative estimate of drug-likeness (QED) is 0.0437. The molecule has 51 heavy (non-hydrogen) atoms. The molecule has 272 valence electrons. The lowest BCUT2D eigenvalue weighted by atomic mass is 9.72. The Bertz CT molecular complexity index is 1660. The molecule has 2 N–H and O–H groups in total. The molecule has 0 spiro atoms. The molecule has 0 amide bonds. The summed E-state index contributed by atoms with van der Waals surface area (Å²) in [5.74, 6) is 12.5. The number of hydroxylamine groups is 1. The molecule has 0 bridgehead atoms. The molecule has 0 radical (unpaired) electrons. The molecule has 5 rings (SSSR count). The number of aliphatic hydroxyl groups excluding tert-OH is 1. The van der Waals surface area contributed by atoms with Crippen LogP contribution in [0.25, 0.3) is 5.76 Å². The van der Waals surface area contributed by atoms with Gasteiger partial charge in [-0.1, -0.05) is 100.0 Å². The molecule has 2 aromatic rings. The highest BCUT2D eigenvalue weighted by Gasteiger charge is 2.50. The van der Waals surface area contributed by atoms with E-state index in [0.29, 0.717) is 41.9 Å². The second-order valence-electron chi connectivity index (χ2n) is 13.9. The number of allylic oxidation sites excluding steroid dienone is 1. The molecule has 3 aliphatic rings. The molecule has 0 saturated heterocycles. The number of carbonyl (C=O) groups is 1. The summed E-state index contributed by atoms with van der Waals surface area (Å²) in [5, 5.41) is 11.5. The van der Waals surface area contributed by atoms with Crippen LogP contribution in [0.3, 0.4) is 0 Å². The monoisotopic (exact) mass is 697 g/mol. The highest BCUT2D eigenvalue weighted by atomic mass is 17.3. The van der Waals surface area contributed by atoms with Gasteiger partial charge in [0.1, 0.15) is 11.4 Å². The number of esters is 1. The third kappa shape index (κ3) is 9.48. The van der Waals surface area contributed by atoms with Crippen LogP contribution in [0.1, 0.15) is 89.3 Å². The number of fused-ring (bicyclic) bond motifs is 2. The Morgan fingerprint density at radius 2 is 1.92 bits per heavy atom. The lowest BCUT2D eigenvalue weighted by Gasteiger charge is -2.34. The van der Waals surface area contributed by atoms with Gasteiger partial charge < -0.3 is 24.4 Å². The maximum atomic E-state index is 12.3. The molecular weight excluding hydrogens is 646 g/mol. The van der Waals surface area contributed by atoms with Gasteiger partial charge in [0.2, 0.25) is 0 Å². The number of aliphatic hydroxyl groups is 1. The number of hydrogen-bond donors (Lipinski definition) is 2. The number of carbonyl (C=O) groups excluding carboxylic acids is 1. The molecule has 1 heterocycles. The summed E-state index contributed by atoms with van der Waals surface area (Å²) in [6, 6.07) is 15.6. The third-order valence-electron chi connectivity index (χ3n) is 10.2. The van der Waals surface area contributed by atoms with Gasteiger partial charge in [-0.2, -0.15) is 4.89 Å². The number of hydrogen-bond acceptors (Lipinski definition) is 9. The Labute approximate surface area is 302 Å². The Morgan fingerprint density at radius 1 is 1.10 bits per heavy atom. The number of unbranched alkanes of at least 4 members (excludes halogenated alkanes) is 2. The van der Waals surface area contributed by atoms with Crippen molar-refractivity contribution in [3.05, 3.63) is 83.3 Å². The molecule has 9 heteroatoms. The van der Waals surface area contributed by atoms with Gasteiger partial charge in [-0.3, -0.25) is 0 Å². The standard InChI is InChI=1S/C42H51NO8/c1-6-8-10-15-24-46-39(45)28-47-38-20-16-19-32-25-35-33(26-36(32)38)27-37(44)34(35)21-23-42(22-14-9-7-2)41(40(29(3)4)49-50-42)43-51-48-30(5)31-17-12-11-13-18-31/h11-13,16-20,29,33-35,37,43-44H,5,7,9,14,21-28H2,1-4H3/t33-,34+,35-,37+,42-/m0/s1. The van der Waals surface area contributed by atoms with Crippen LogP contribution >= 0.6 is 0 Å². The van der Waals surface area contributed by atoms with Crippen molar-refractivity contribution in [2.45, 2.75) is 97.2 Å². The highest BCUT2D eigenvalue weighted by Crippen LogP contribution is 2.50. The van der Waals surface area contributed by atoms with Gasteiger partial charge in [-0.25, -0.2) is 10.3 Å². The number of ether oxygens (including phenoxy) is 2. The smallest absolute Gasteiger partial charge is 0.345 e. The van der Waals surface area contributed by atoms with E-state index in [1.165, 1.54) is 5.56 Å². The first-order valence-electron chi connectivity index (χ1n) is 18.2. The van der Waals surface area contributed by atoms with Crippen molar-refractivity contribution in [2.24, 2.45) is 23.7 Å². The van der Waals surface area contributed by atoms with Gasteiger partial charge in [0, 0.05) is 11.5 Å². The molecule has 2 aliphatic carbocycles. The SMILES string of the molecule is C=C(OONC1=C(C(C)C)OO[C@@]1(CCCCC)CC[C@@H]1[C@H]2Cc3cccc(OCC(=O)OCC#CC#CC)c3C[C@H]2C[C@H]1O)c1ccccc1. The summed E-state index contributed by atoms with van der Waals surface area (Å²) < 4.78 is 11.1. The second kappa shape index (κ2) is 18.2. The van der Waals surface area contributed by atoms with E-state index in [2.05, 4.69) is 62.6 Å². The maximum absolute atomic E-state index is 12.3. The lowest BCUT2D eigenvalue weighted by molar-refractivity contribution is -0.316. The normalized spacial score (nSPS) is 23.2. The Kier molecular flexibility index (Phi) is 13.5. The molecule has 1 aliphatic heterocycles. The molecule has 9 nitrogen and oxygen atoms in total. The minimum absolute atomic E-state index is 0.0270. The topological polar surface area (TPSA) is 105 Å². The average molecular weight is 698 g/mol. The van der Waals surface area contributed by atoms with Crippen molar-refractivity contribution in [2.75, 3.05) is 13.2 Å². The first-order chi connectivity index (χ1) is 24.8. The maximum Gasteiger partial charge on any atom is 0.345 e. The fourth-order valence-corrected chi connectivity index (χ4v) is 7.64. The van der Waals surface area contributed by atoms with Crippen LogP contribution in [0.15, 0.2) is 66.6 Å². The van der Waals surface area contributed by atoms with E-state index in [1.807, 2.05) is 42.5 Å².